The van der Waals surface area contributed by atoms with Gasteiger partial charge in [0.05, 0.1) is 21.8 Å². The number of carboxylic acids is 1. The number of aromatic nitrogens is 2. The molecule has 2 heterocycles. The molecule has 2 aromatic heterocycles. The molecular weight excluding hydrogens is 504 g/mol. The number of hydrogen-bond donors (Lipinski definition) is 4. The Balaban J connectivity index is 1.76. The highest BCUT2D eigenvalue weighted by atomic mass is 35.5. The first kappa shape index (κ1) is 25.3. The molecule has 0 aliphatic heterocycles. The summed E-state index contributed by atoms with van der Waals surface area (Å²) in [5.74, 6) is -3.43. The summed E-state index contributed by atoms with van der Waals surface area (Å²) in [7, 11) is 0. The first-order valence-electron chi connectivity index (χ1n) is 9.40. The van der Waals surface area contributed by atoms with E-state index < -0.39 is 35.5 Å². The Hall–Kier alpha value is -3.29. The number of nitrogens with one attached hydrogen (secondary N) is 2. The first-order chi connectivity index (χ1) is 16.0. The van der Waals surface area contributed by atoms with E-state index in [9.17, 15) is 27.2 Å². The fourth-order valence-electron chi connectivity index (χ4n) is 2.79. The van der Waals surface area contributed by atoms with Crippen molar-refractivity contribution in [3.8, 4) is 11.3 Å². The van der Waals surface area contributed by atoms with Crippen molar-refractivity contribution in [3.63, 3.8) is 0 Å². The number of carboxylic acid groups (broad SMARTS) is 1. The molecule has 1 aromatic carbocycles. The summed E-state index contributed by atoms with van der Waals surface area (Å²) in [4.78, 5) is 31.6. The maximum Gasteiger partial charge on any atom is 0.419 e. The van der Waals surface area contributed by atoms with Gasteiger partial charge in [-0.25, -0.2) is 19.2 Å². The van der Waals surface area contributed by atoms with E-state index in [4.69, 9.17) is 21.8 Å². The number of anilines is 2. The van der Waals surface area contributed by atoms with Gasteiger partial charge >= 0.3 is 12.1 Å². The van der Waals surface area contributed by atoms with Gasteiger partial charge < -0.3 is 15.5 Å². The second-order valence-corrected chi connectivity index (χ2v) is 8.02. The molecule has 0 saturated heterocycles. The van der Waals surface area contributed by atoms with Crippen LogP contribution in [0.5, 0.6) is 0 Å². The zero-order chi connectivity index (χ0) is 25.0. The van der Waals surface area contributed by atoms with Crippen molar-refractivity contribution in [2.75, 3.05) is 17.2 Å². The quantitative estimate of drug-likeness (QED) is 0.323. The van der Waals surface area contributed by atoms with Crippen LogP contribution in [0.2, 0.25) is 5.02 Å². The van der Waals surface area contributed by atoms with Crippen molar-refractivity contribution in [1.82, 2.24) is 9.97 Å². The van der Waals surface area contributed by atoms with Crippen molar-refractivity contribution in [2.45, 2.75) is 18.6 Å². The predicted molar refractivity (Wildman–Crippen MR) is 116 cm³/mol. The molecule has 180 valence electrons. The Morgan fingerprint density at radius 3 is 2.62 bits per heavy atom. The zero-order valence-electron chi connectivity index (χ0n) is 16.9. The molecule has 14 heteroatoms. The lowest BCUT2D eigenvalue weighted by Gasteiger charge is -2.15. The summed E-state index contributed by atoms with van der Waals surface area (Å²) in [5, 5.41) is 24.2. The number of nitrogens with zero attached hydrogens (tertiary/aromatic N) is 2. The Labute approximate surface area is 198 Å². The summed E-state index contributed by atoms with van der Waals surface area (Å²) in [5.41, 5.74) is -1.92. The third-order valence-electron chi connectivity index (χ3n) is 4.43. The third-order valence-corrected chi connectivity index (χ3v) is 5.48. The second-order valence-electron chi connectivity index (χ2n) is 6.76. The number of carbonyl (C=O) groups is 2. The molecule has 0 fully saturated rings. The maximum absolute atomic E-state index is 14.3. The molecule has 1 amide bonds. The van der Waals surface area contributed by atoms with Crippen molar-refractivity contribution < 1.29 is 37.4 Å². The Morgan fingerprint density at radius 2 is 2.00 bits per heavy atom. The van der Waals surface area contributed by atoms with Gasteiger partial charge in [0.1, 0.15) is 17.7 Å². The third kappa shape index (κ3) is 5.79. The number of alkyl halides is 3. The van der Waals surface area contributed by atoms with Crippen molar-refractivity contribution >= 4 is 45.8 Å². The number of rotatable bonds is 8. The van der Waals surface area contributed by atoms with Crippen LogP contribution in [0.15, 0.2) is 35.8 Å². The van der Waals surface area contributed by atoms with Crippen molar-refractivity contribution in [2.24, 2.45) is 0 Å². The molecule has 0 spiro atoms. The standard InChI is InChI=1S/C20H15ClF4N4O4S/c21-12-6-9(7-26-16(12)27-13(4-5-30)18(32)33)17(31)29-19-28-14(8-34-19)10-2-1-3-11(15(10)22)20(23,24)25/h1-3,6-8,13,30H,4-5H2,(H,26,27)(H,32,33)(H,28,29,31). The largest absolute Gasteiger partial charge is 0.480 e. The van der Waals surface area contributed by atoms with Gasteiger partial charge in [0.2, 0.25) is 0 Å². The summed E-state index contributed by atoms with van der Waals surface area (Å²) in [6, 6.07) is 2.87. The minimum Gasteiger partial charge on any atom is -0.480 e. The van der Waals surface area contributed by atoms with Gasteiger partial charge in [0.15, 0.2) is 5.13 Å². The summed E-state index contributed by atoms with van der Waals surface area (Å²) in [6.45, 7) is -0.387. The van der Waals surface area contributed by atoms with Crippen LogP contribution >= 0.6 is 22.9 Å². The zero-order valence-corrected chi connectivity index (χ0v) is 18.4. The highest BCUT2D eigenvalue weighted by Crippen LogP contribution is 2.36. The number of halogens is 5. The van der Waals surface area contributed by atoms with E-state index in [1.807, 2.05) is 0 Å². The van der Waals surface area contributed by atoms with Crippen LogP contribution in [0, 0.1) is 5.82 Å². The van der Waals surface area contributed by atoms with E-state index in [1.165, 1.54) is 11.4 Å². The van der Waals surface area contributed by atoms with Crippen LogP contribution < -0.4 is 10.6 Å². The van der Waals surface area contributed by atoms with E-state index in [2.05, 4.69) is 20.6 Å². The maximum atomic E-state index is 14.3. The number of aliphatic hydroxyl groups is 1. The monoisotopic (exact) mass is 518 g/mol. The lowest BCUT2D eigenvalue weighted by atomic mass is 10.1. The number of amides is 1. The average Bonchev–Trinajstić information content (AvgIpc) is 3.21. The topological polar surface area (TPSA) is 124 Å². The molecule has 8 nitrogen and oxygen atoms in total. The fraction of sp³-hybridized carbons (Fsp3) is 0.200. The lowest BCUT2D eigenvalue weighted by molar-refractivity contribution is -0.140. The molecule has 1 atom stereocenters. The van der Waals surface area contributed by atoms with Crippen LogP contribution in [0.1, 0.15) is 22.3 Å². The summed E-state index contributed by atoms with van der Waals surface area (Å²) >= 11 is 6.94. The van der Waals surface area contributed by atoms with E-state index in [-0.39, 0.29) is 45.8 Å². The molecule has 1 unspecified atom stereocenters. The molecule has 0 aliphatic rings. The lowest BCUT2D eigenvalue weighted by Crippen LogP contribution is -2.30. The molecule has 0 aliphatic carbocycles. The Kier molecular flexibility index (Phi) is 7.69. The van der Waals surface area contributed by atoms with Crippen LogP contribution in [0.25, 0.3) is 11.3 Å². The molecule has 0 bridgehead atoms. The Bertz CT molecular complexity index is 1220. The van der Waals surface area contributed by atoms with Gasteiger partial charge in [0, 0.05) is 30.2 Å². The molecule has 3 rings (SSSR count). The van der Waals surface area contributed by atoms with Crippen molar-refractivity contribution in [3.05, 3.63) is 57.8 Å². The minimum atomic E-state index is -4.87. The molecule has 0 radical (unpaired) electrons. The molecule has 34 heavy (non-hydrogen) atoms. The summed E-state index contributed by atoms with van der Waals surface area (Å²) < 4.78 is 53.2. The van der Waals surface area contributed by atoms with Gasteiger partial charge in [-0.15, -0.1) is 11.3 Å². The predicted octanol–water partition coefficient (Wildman–Crippen LogP) is 4.52. The molecular formula is C20H15ClF4N4O4S. The molecule has 0 saturated carbocycles. The summed E-state index contributed by atoms with van der Waals surface area (Å²) in [6.07, 6.45) is -3.86. The normalized spacial score (nSPS) is 12.3. The van der Waals surface area contributed by atoms with E-state index >= 15 is 0 Å². The molecule has 4 N–H and O–H groups in total. The van der Waals surface area contributed by atoms with Crippen molar-refractivity contribution in [1.29, 1.82) is 0 Å². The smallest absolute Gasteiger partial charge is 0.419 e. The SMILES string of the molecule is O=C(Nc1nc(-c2cccc(C(F)(F)F)c2F)cs1)c1cnc(NC(CCO)C(=O)O)c(Cl)c1. The Morgan fingerprint density at radius 1 is 1.26 bits per heavy atom. The average molecular weight is 519 g/mol. The van der Waals surface area contributed by atoms with E-state index in [0.717, 1.165) is 29.7 Å². The second kappa shape index (κ2) is 10.3. The number of carbonyl (C=O) groups excluding carboxylic acids is 1. The number of pyridine rings is 1. The number of hydrogen-bond acceptors (Lipinski definition) is 7. The van der Waals surface area contributed by atoms with Gasteiger partial charge in [-0.1, -0.05) is 17.7 Å². The fourth-order valence-corrected chi connectivity index (χ4v) is 3.72. The number of thiazole rings is 1. The minimum absolute atomic E-state index is 0.0102. The molecule has 3 aromatic rings. The van der Waals surface area contributed by atoms with Crippen LogP contribution in [0.4, 0.5) is 28.5 Å². The number of aliphatic carboxylic acids is 1. The van der Waals surface area contributed by atoms with Gasteiger partial charge in [-0.3, -0.25) is 10.1 Å². The van der Waals surface area contributed by atoms with Crippen LogP contribution in [0.3, 0.4) is 0 Å². The van der Waals surface area contributed by atoms with Crippen LogP contribution in [-0.4, -0.2) is 44.7 Å². The number of benzene rings is 1. The first-order valence-corrected chi connectivity index (χ1v) is 10.7. The van der Waals surface area contributed by atoms with Gasteiger partial charge in [0.25, 0.3) is 5.91 Å². The van der Waals surface area contributed by atoms with Crippen LogP contribution in [-0.2, 0) is 11.0 Å². The van der Waals surface area contributed by atoms with E-state index in [0.29, 0.717) is 6.07 Å². The number of aliphatic hydroxyl groups excluding tert-OH is 1. The van der Waals surface area contributed by atoms with E-state index in [1.54, 1.807) is 0 Å². The highest BCUT2D eigenvalue weighted by Gasteiger charge is 2.35. The van der Waals surface area contributed by atoms with Gasteiger partial charge in [-0.05, 0) is 18.2 Å². The van der Waals surface area contributed by atoms with Gasteiger partial charge in [-0.2, -0.15) is 13.2 Å². The highest BCUT2D eigenvalue weighted by molar-refractivity contribution is 7.14.